The highest BCUT2D eigenvalue weighted by Gasteiger charge is 2.42. The molecule has 0 radical (unpaired) electrons. The first kappa shape index (κ1) is 13.5. The van der Waals surface area contributed by atoms with Crippen LogP contribution in [0.5, 0.6) is 0 Å². The van der Waals surface area contributed by atoms with Crippen LogP contribution in [0.15, 0.2) is 0 Å². The van der Waals surface area contributed by atoms with E-state index in [1.165, 1.54) is 19.3 Å². The Balaban J connectivity index is 2.78. The molecule has 0 aromatic heterocycles. The molecule has 2 nitrogen and oxygen atoms in total. The molecule has 0 heterocycles. The summed E-state index contributed by atoms with van der Waals surface area (Å²) in [6, 6.07) is 0. The minimum absolute atomic E-state index is 0.327. The topological polar surface area (TPSA) is 37.3 Å². The van der Waals surface area contributed by atoms with E-state index in [9.17, 15) is 9.90 Å². The third kappa shape index (κ3) is 2.99. The van der Waals surface area contributed by atoms with Crippen molar-refractivity contribution in [3.05, 3.63) is 0 Å². The fourth-order valence-electron chi connectivity index (χ4n) is 3.16. The number of rotatable bonds is 4. The third-order valence-electron chi connectivity index (χ3n) is 4.34. The number of carboxylic acids is 1. The molecule has 1 saturated carbocycles. The van der Waals surface area contributed by atoms with Crippen molar-refractivity contribution < 1.29 is 9.90 Å². The summed E-state index contributed by atoms with van der Waals surface area (Å²) >= 11 is 0. The van der Waals surface area contributed by atoms with E-state index in [4.69, 9.17) is 0 Å². The van der Waals surface area contributed by atoms with Crippen molar-refractivity contribution in [3.8, 4) is 0 Å². The summed E-state index contributed by atoms with van der Waals surface area (Å²) in [7, 11) is 0. The molecule has 0 aromatic carbocycles. The molecule has 16 heavy (non-hydrogen) atoms. The van der Waals surface area contributed by atoms with Crippen LogP contribution in [0.2, 0.25) is 0 Å². The zero-order chi connectivity index (χ0) is 12.0. The van der Waals surface area contributed by atoms with E-state index in [0.29, 0.717) is 5.92 Å². The van der Waals surface area contributed by atoms with Gasteiger partial charge in [0.15, 0.2) is 0 Å². The predicted octanol–water partition coefficient (Wildman–Crippen LogP) is 4.24. The maximum Gasteiger partial charge on any atom is 0.309 e. The Hall–Kier alpha value is -0.530. The van der Waals surface area contributed by atoms with Crippen molar-refractivity contribution in [2.24, 2.45) is 11.3 Å². The summed E-state index contributed by atoms with van der Waals surface area (Å²) in [5.74, 6) is -0.219. The van der Waals surface area contributed by atoms with Gasteiger partial charge in [0.25, 0.3) is 0 Å². The van der Waals surface area contributed by atoms with Crippen LogP contribution >= 0.6 is 0 Å². The monoisotopic (exact) mass is 226 g/mol. The van der Waals surface area contributed by atoms with Crippen LogP contribution in [0.4, 0.5) is 0 Å². The van der Waals surface area contributed by atoms with Gasteiger partial charge < -0.3 is 5.11 Å². The van der Waals surface area contributed by atoms with Gasteiger partial charge in [0.2, 0.25) is 0 Å². The molecule has 1 unspecified atom stereocenters. The lowest BCUT2D eigenvalue weighted by molar-refractivity contribution is -0.154. The van der Waals surface area contributed by atoms with E-state index in [1.807, 2.05) is 0 Å². The Labute approximate surface area is 99.4 Å². The SMILES string of the molecule is CCCC(C)C1(C(=O)O)CCCCCCC1. The minimum atomic E-state index is -0.546. The molecule has 0 saturated heterocycles. The average Bonchev–Trinajstić information content (AvgIpc) is 2.17. The second-order valence-electron chi connectivity index (χ2n) is 5.42. The van der Waals surface area contributed by atoms with Gasteiger partial charge in [0.05, 0.1) is 5.41 Å². The lowest BCUT2D eigenvalue weighted by Crippen LogP contribution is -2.38. The molecular weight excluding hydrogens is 200 g/mol. The second-order valence-corrected chi connectivity index (χ2v) is 5.42. The Morgan fingerprint density at radius 1 is 1.19 bits per heavy atom. The van der Waals surface area contributed by atoms with Crippen LogP contribution in [0.3, 0.4) is 0 Å². The van der Waals surface area contributed by atoms with E-state index in [-0.39, 0.29) is 0 Å². The summed E-state index contributed by atoms with van der Waals surface area (Å²) in [6.07, 6.45) is 9.84. The zero-order valence-electron chi connectivity index (χ0n) is 10.8. The van der Waals surface area contributed by atoms with E-state index in [2.05, 4.69) is 13.8 Å². The average molecular weight is 226 g/mol. The van der Waals surface area contributed by atoms with Crippen molar-refractivity contribution >= 4 is 5.97 Å². The van der Waals surface area contributed by atoms with Gasteiger partial charge in [-0.15, -0.1) is 0 Å². The third-order valence-corrected chi connectivity index (χ3v) is 4.34. The molecule has 1 aliphatic carbocycles. The van der Waals surface area contributed by atoms with Gasteiger partial charge in [-0.25, -0.2) is 0 Å². The highest BCUT2D eigenvalue weighted by atomic mass is 16.4. The van der Waals surface area contributed by atoms with Gasteiger partial charge in [0.1, 0.15) is 0 Å². The fourth-order valence-corrected chi connectivity index (χ4v) is 3.16. The summed E-state index contributed by atoms with van der Waals surface area (Å²) in [6.45, 7) is 4.29. The lowest BCUT2D eigenvalue weighted by Gasteiger charge is -2.36. The summed E-state index contributed by atoms with van der Waals surface area (Å²) in [5, 5.41) is 9.60. The molecule has 1 fully saturated rings. The first-order chi connectivity index (χ1) is 7.63. The van der Waals surface area contributed by atoms with Gasteiger partial charge in [-0.1, -0.05) is 52.4 Å². The van der Waals surface area contributed by atoms with Crippen LogP contribution in [0.25, 0.3) is 0 Å². The van der Waals surface area contributed by atoms with Crippen molar-refractivity contribution in [2.45, 2.75) is 71.6 Å². The van der Waals surface area contributed by atoms with Crippen molar-refractivity contribution in [1.82, 2.24) is 0 Å². The summed E-state index contributed by atoms with van der Waals surface area (Å²) in [4.78, 5) is 11.7. The quantitative estimate of drug-likeness (QED) is 0.778. The first-order valence-electron chi connectivity index (χ1n) is 6.87. The van der Waals surface area contributed by atoms with Crippen LogP contribution in [0, 0.1) is 11.3 Å². The standard InChI is InChI=1S/C14H26O2/c1-3-9-12(2)14(13(15)16)10-7-5-4-6-8-11-14/h12H,3-11H2,1-2H3,(H,15,16). The Morgan fingerprint density at radius 2 is 1.69 bits per heavy atom. The number of carboxylic acid groups (broad SMARTS) is 1. The maximum atomic E-state index is 11.7. The molecule has 1 atom stereocenters. The Bertz CT molecular complexity index is 215. The number of hydrogen-bond acceptors (Lipinski definition) is 1. The van der Waals surface area contributed by atoms with E-state index >= 15 is 0 Å². The molecule has 94 valence electrons. The van der Waals surface area contributed by atoms with E-state index in [1.54, 1.807) is 0 Å². The number of hydrogen-bond donors (Lipinski definition) is 1. The van der Waals surface area contributed by atoms with Crippen LogP contribution in [-0.4, -0.2) is 11.1 Å². The van der Waals surface area contributed by atoms with Crippen molar-refractivity contribution in [1.29, 1.82) is 0 Å². The molecule has 1 aliphatic rings. The van der Waals surface area contributed by atoms with Gasteiger partial charge >= 0.3 is 5.97 Å². The van der Waals surface area contributed by atoms with Gasteiger partial charge in [-0.2, -0.15) is 0 Å². The molecule has 0 amide bonds. The summed E-state index contributed by atoms with van der Waals surface area (Å²) < 4.78 is 0. The van der Waals surface area contributed by atoms with Crippen molar-refractivity contribution in [3.63, 3.8) is 0 Å². The molecule has 1 N–H and O–H groups in total. The smallest absolute Gasteiger partial charge is 0.309 e. The van der Waals surface area contributed by atoms with Gasteiger partial charge in [0, 0.05) is 0 Å². The molecular formula is C14H26O2. The zero-order valence-corrected chi connectivity index (χ0v) is 10.8. The maximum absolute atomic E-state index is 11.7. The molecule has 0 bridgehead atoms. The predicted molar refractivity (Wildman–Crippen MR) is 66.5 cm³/mol. The largest absolute Gasteiger partial charge is 0.481 e. The first-order valence-corrected chi connectivity index (χ1v) is 6.87. The molecule has 1 rings (SSSR count). The Morgan fingerprint density at radius 3 is 2.12 bits per heavy atom. The molecule has 0 aliphatic heterocycles. The lowest BCUT2D eigenvalue weighted by atomic mass is 9.67. The number of carbonyl (C=O) groups is 1. The molecule has 0 aromatic rings. The fraction of sp³-hybridized carbons (Fsp3) is 0.929. The van der Waals surface area contributed by atoms with Gasteiger partial charge in [-0.05, 0) is 25.2 Å². The van der Waals surface area contributed by atoms with Crippen LogP contribution in [-0.2, 0) is 4.79 Å². The molecule has 2 heteroatoms. The second kappa shape index (κ2) is 6.27. The van der Waals surface area contributed by atoms with Gasteiger partial charge in [-0.3, -0.25) is 4.79 Å². The van der Waals surface area contributed by atoms with Crippen LogP contribution < -0.4 is 0 Å². The summed E-state index contributed by atoms with van der Waals surface area (Å²) in [5.41, 5.74) is -0.420. The van der Waals surface area contributed by atoms with E-state index in [0.717, 1.165) is 38.5 Å². The van der Waals surface area contributed by atoms with Crippen LogP contribution in [0.1, 0.15) is 71.6 Å². The van der Waals surface area contributed by atoms with Crippen molar-refractivity contribution in [2.75, 3.05) is 0 Å². The highest BCUT2D eigenvalue weighted by molar-refractivity contribution is 5.75. The van der Waals surface area contributed by atoms with E-state index < -0.39 is 11.4 Å². The Kier molecular flexibility index (Phi) is 5.30. The number of aliphatic carboxylic acids is 1. The normalized spacial score (nSPS) is 23.1. The molecule has 0 spiro atoms. The highest BCUT2D eigenvalue weighted by Crippen LogP contribution is 2.42. The minimum Gasteiger partial charge on any atom is -0.481 e.